The lowest BCUT2D eigenvalue weighted by Crippen LogP contribution is -2.53. The number of alkyl halides is 3. The molecule has 5 rings (SSSR count). The third-order valence-electron chi connectivity index (χ3n) is 6.56. The van der Waals surface area contributed by atoms with Gasteiger partial charge in [0, 0.05) is 43.1 Å². The lowest BCUT2D eigenvalue weighted by molar-refractivity contribution is -0.153. The molecular formula is C26H26F3N5O3. The zero-order valence-corrected chi connectivity index (χ0v) is 19.9. The van der Waals surface area contributed by atoms with E-state index in [1.54, 1.807) is 54.6 Å². The van der Waals surface area contributed by atoms with Crippen LogP contribution in [0.4, 0.5) is 24.5 Å². The number of carbonyl (C=O) groups excluding carboxylic acids is 2. The van der Waals surface area contributed by atoms with Crippen molar-refractivity contribution in [1.82, 2.24) is 15.2 Å². The van der Waals surface area contributed by atoms with E-state index in [0.717, 1.165) is 25.1 Å². The van der Waals surface area contributed by atoms with Gasteiger partial charge in [-0.15, -0.1) is 0 Å². The number of anilines is 2. The Hall–Kier alpha value is -3.86. The van der Waals surface area contributed by atoms with E-state index >= 15 is 0 Å². The van der Waals surface area contributed by atoms with E-state index < -0.39 is 23.5 Å². The lowest BCUT2D eigenvalue weighted by Gasteiger charge is -2.37. The van der Waals surface area contributed by atoms with Gasteiger partial charge in [0.1, 0.15) is 0 Å². The van der Waals surface area contributed by atoms with Crippen LogP contribution in [0.1, 0.15) is 29.1 Å². The van der Waals surface area contributed by atoms with Crippen molar-refractivity contribution in [3.8, 4) is 11.5 Å². The number of carbonyl (C=O) groups is 2. The maximum Gasteiger partial charge on any atom is 0.452 e. The summed E-state index contributed by atoms with van der Waals surface area (Å²) in [5, 5.41) is 5.72. The second-order valence-corrected chi connectivity index (χ2v) is 9.02. The zero-order chi connectivity index (χ0) is 26.0. The van der Waals surface area contributed by atoms with Gasteiger partial charge in [0.2, 0.25) is 17.6 Å². The highest BCUT2D eigenvalue weighted by Gasteiger charge is 2.42. The number of halogens is 3. The molecule has 2 fully saturated rings. The number of hydrogen-bond acceptors (Lipinski definition) is 6. The first-order chi connectivity index (χ1) is 17.8. The van der Waals surface area contributed by atoms with E-state index in [1.807, 2.05) is 4.90 Å². The van der Waals surface area contributed by atoms with E-state index in [0.29, 0.717) is 37.4 Å². The van der Waals surface area contributed by atoms with Crippen LogP contribution in [0.5, 0.6) is 0 Å². The number of piperazine rings is 1. The second-order valence-electron chi connectivity index (χ2n) is 9.02. The summed E-state index contributed by atoms with van der Waals surface area (Å²) in [4.78, 5) is 33.2. The Balaban J connectivity index is 1.24. The summed E-state index contributed by atoms with van der Waals surface area (Å²) < 4.78 is 45.6. The Bertz CT molecular complexity index is 1250. The minimum absolute atomic E-state index is 0.0826. The lowest BCUT2D eigenvalue weighted by atomic mass is 10.1. The summed E-state index contributed by atoms with van der Waals surface area (Å²) >= 11 is 0. The molecule has 1 aromatic heterocycles. The quantitative estimate of drug-likeness (QED) is 0.536. The zero-order valence-electron chi connectivity index (χ0n) is 19.9. The number of benzene rings is 2. The number of nitrogens with zero attached hydrogens (tertiary/aromatic N) is 3. The predicted octanol–water partition coefficient (Wildman–Crippen LogP) is 4.01. The minimum Gasteiger partial charge on any atom is -0.431 e. The Kier molecular flexibility index (Phi) is 6.88. The summed E-state index contributed by atoms with van der Waals surface area (Å²) in [5.41, 5.74) is 0.728. The van der Waals surface area contributed by atoms with Crippen molar-refractivity contribution in [3.63, 3.8) is 0 Å². The molecule has 0 spiro atoms. The van der Waals surface area contributed by atoms with Gasteiger partial charge in [-0.2, -0.15) is 13.2 Å². The highest BCUT2D eigenvalue weighted by Crippen LogP contribution is 2.35. The monoisotopic (exact) mass is 513 g/mol. The molecule has 3 heterocycles. The number of oxazole rings is 1. The smallest absolute Gasteiger partial charge is 0.431 e. The number of nitrogens with one attached hydrogen (secondary N) is 2. The Morgan fingerprint density at radius 1 is 1.00 bits per heavy atom. The van der Waals surface area contributed by atoms with Crippen molar-refractivity contribution in [2.24, 2.45) is 0 Å². The van der Waals surface area contributed by atoms with Gasteiger partial charge in [-0.1, -0.05) is 18.2 Å². The SMILES string of the molecule is O=C(Nc1ccc(N2CCN(C(=O)[C@@H]3CCCN3)CC2)cc1)c1nc(-c2ccccc2)oc1C(F)(F)F. The largest absolute Gasteiger partial charge is 0.452 e. The molecule has 8 nitrogen and oxygen atoms in total. The predicted molar refractivity (Wildman–Crippen MR) is 131 cm³/mol. The van der Waals surface area contributed by atoms with Gasteiger partial charge >= 0.3 is 6.18 Å². The van der Waals surface area contributed by atoms with E-state index in [9.17, 15) is 22.8 Å². The average molecular weight is 514 g/mol. The number of hydrogen-bond donors (Lipinski definition) is 2. The van der Waals surface area contributed by atoms with Crippen LogP contribution >= 0.6 is 0 Å². The van der Waals surface area contributed by atoms with Crippen molar-refractivity contribution in [2.45, 2.75) is 25.1 Å². The molecule has 2 N–H and O–H groups in total. The molecule has 2 aliphatic heterocycles. The van der Waals surface area contributed by atoms with Crippen molar-refractivity contribution in [3.05, 3.63) is 66.1 Å². The molecule has 11 heteroatoms. The summed E-state index contributed by atoms with van der Waals surface area (Å²) in [6.07, 6.45) is -2.99. The number of aromatic nitrogens is 1. The third-order valence-corrected chi connectivity index (χ3v) is 6.56. The first kappa shape index (κ1) is 24.8. The maximum atomic E-state index is 13.6. The van der Waals surface area contributed by atoms with Gasteiger partial charge < -0.3 is 24.9 Å². The van der Waals surface area contributed by atoms with Crippen molar-refractivity contribution in [1.29, 1.82) is 0 Å². The second kappa shape index (κ2) is 10.3. The van der Waals surface area contributed by atoms with Crippen LogP contribution in [-0.2, 0) is 11.0 Å². The van der Waals surface area contributed by atoms with Crippen LogP contribution < -0.4 is 15.5 Å². The fraction of sp³-hybridized carbons (Fsp3) is 0.346. The molecule has 0 aliphatic carbocycles. The van der Waals surface area contributed by atoms with Gasteiger partial charge in [0.25, 0.3) is 5.91 Å². The Morgan fingerprint density at radius 2 is 1.70 bits per heavy atom. The molecule has 0 bridgehead atoms. The average Bonchev–Trinajstić information content (AvgIpc) is 3.60. The van der Waals surface area contributed by atoms with E-state index in [-0.39, 0.29) is 17.8 Å². The fourth-order valence-electron chi connectivity index (χ4n) is 4.62. The first-order valence-corrected chi connectivity index (χ1v) is 12.1. The fourth-order valence-corrected chi connectivity index (χ4v) is 4.62. The van der Waals surface area contributed by atoms with Crippen molar-refractivity contribution >= 4 is 23.2 Å². The van der Waals surface area contributed by atoms with E-state index in [4.69, 9.17) is 4.42 Å². The molecule has 194 valence electrons. The molecule has 2 amide bonds. The topological polar surface area (TPSA) is 90.7 Å². The van der Waals surface area contributed by atoms with Crippen LogP contribution in [0.2, 0.25) is 0 Å². The highest BCUT2D eigenvalue weighted by atomic mass is 19.4. The normalized spacial score (nSPS) is 18.2. The van der Waals surface area contributed by atoms with Gasteiger partial charge in [0.05, 0.1) is 6.04 Å². The highest BCUT2D eigenvalue weighted by molar-refractivity contribution is 6.04. The van der Waals surface area contributed by atoms with Gasteiger partial charge in [-0.25, -0.2) is 4.98 Å². The van der Waals surface area contributed by atoms with Gasteiger partial charge in [-0.05, 0) is 55.8 Å². The van der Waals surface area contributed by atoms with Crippen LogP contribution in [0.3, 0.4) is 0 Å². The summed E-state index contributed by atoms with van der Waals surface area (Å²) in [5.74, 6) is -2.59. The Labute approximate surface area is 211 Å². The summed E-state index contributed by atoms with van der Waals surface area (Å²) in [6, 6.07) is 14.8. The number of amides is 2. The Morgan fingerprint density at radius 3 is 2.32 bits per heavy atom. The molecule has 0 unspecified atom stereocenters. The molecule has 2 aliphatic rings. The van der Waals surface area contributed by atoms with E-state index in [2.05, 4.69) is 20.5 Å². The molecular weight excluding hydrogens is 487 g/mol. The molecule has 37 heavy (non-hydrogen) atoms. The third kappa shape index (κ3) is 5.46. The molecule has 2 aromatic carbocycles. The van der Waals surface area contributed by atoms with Gasteiger partial charge in [-0.3, -0.25) is 9.59 Å². The molecule has 0 radical (unpaired) electrons. The molecule has 0 saturated carbocycles. The standard InChI is InChI=1S/C26H26F3N5O3/c27-26(28,29)22-21(32-24(37-22)17-5-2-1-3-6-17)23(35)31-18-8-10-19(11-9-18)33-13-15-34(16-14-33)25(36)20-7-4-12-30-20/h1-3,5-6,8-11,20,30H,4,7,12-16H2,(H,31,35)/t20-/m0/s1. The van der Waals surface area contributed by atoms with Crippen LogP contribution in [0.25, 0.3) is 11.5 Å². The van der Waals surface area contributed by atoms with Crippen LogP contribution in [0, 0.1) is 0 Å². The van der Waals surface area contributed by atoms with Crippen molar-refractivity contribution < 1.29 is 27.2 Å². The van der Waals surface area contributed by atoms with E-state index in [1.165, 1.54) is 0 Å². The summed E-state index contributed by atoms with van der Waals surface area (Å²) in [7, 11) is 0. The number of rotatable bonds is 5. The van der Waals surface area contributed by atoms with Gasteiger partial charge in [0.15, 0.2) is 5.69 Å². The minimum atomic E-state index is -4.88. The molecule has 1 atom stereocenters. The first-order valence-electron chi connectivity index (χ1n) is 12.1. The molecule has 3 aromatic rings. The maximum absolute atomic E-state index is 13.6. The van der Waals surface area contributed by atoms with Crippen LogP contribution in [0.15, 0.2) is 59.0 Å². The molecule has 2 saturated heterocycles. The van der Waals surface area contributed by atoms with Crippen molar-refractivity contribution in [2.75, 3.05) is 42.9 Å². The van der Waals surface area contributed by atoms with Crippen LogP contribution in [-0.4, -0.2) is 60.5 Å². The summed E-state index contributed by atoms with van der Waals surface area (Å²) in [6.45, 7) is 3.44.